The van der Waals surface area contributed by atoms with Gasteiger partial charge in [-0.25, -0.2) is 4.79 Å². The predicted octanol–water partition coefficient (Wildman–Crippen LogP) is 3.01. The molecule has 128 valence electrons. The molecule has 7 heteroatoms. The Bertz CT molecular complexity index is 551. The molecule has 1 aliphatic rings. The number of rotatable bonds is 5. The van der Waals surface area contributed by atoms with Crippen molar-refractivity contribution >= 4 is 23.3 Å². The fourth-order valence-electron chi connectivity index (χ4n) is 2.37. The Balaban J connectivity index is 2.06. The molecule has 2 rings (SSSR count). The minimum Gasteiger partial charge on any atom is -0.487 e. The molecule has 1 saturated heterocycles. The summed E-state index contributed by atoms with van der Waals surface area (Å²) in [6.45, 7) is 6.32. The van der Waals surface area contributed by atoms with Gasteiger partial charge in [-0.3, -0.25) is 0 Å². The van der Waals surface area contributed by atoms with Crippen LogP contribution in [0.15, 0.2) is 18.2 Å². The van der Waals surface area contributed by atoms with E-state index in [4.69, 9.17) is 25.8 Å². The number of amides is 2. The van der Waals surface area contributed by atoms with Crippen LogP contribution < -0.4 is 10.1 Å². The lowest BCUT2D eigenvalue weighted by Crippen LogP contribution is -2.51. The fourth-order valence-corrected chi connectivity index (χ4v) is 2.59. The first-order valence-electron chi connectivity index (χ1n) is 7.53. The Hall–Kier alpha value is -1.50. The van der Waals surface area contributed by atoms with E-state index in [9.17, 15) is 4.79 Å². The molecular formula is C16H23ClN2O4. The zero-order chi connectivity index (χ0) is 16.9. The highest BCUT2D eigenvalue weighted by molar-refractivity contribution is 6.32. The lowest BCUT2D eigenvalue weighted by atomic mass is 10.1. The van der Waals surface area contributed by atoms with Crippen LogP contribution in [-0.2, 0) is 9.47 Å². The van der Waals surface area contributed by atoms with Crippen molar-refractivity contribution in [3.05, 3.63) is 23.2 Å². The molecule has 23 heavy (non-hydrogen) atoms. The van der Waals surface area contributed by atoms with Gasteiger partial charge in [0.05, 0.1) is 36.1 Å². The van der Waals surface area contributed by atoms with E-state index in [-0.39, 0.29) is 11.6 Å². The van der Waals surface area contributed by atoms with Gasteiger partial charge in [-0.15, -0.1) is 0 Å². The summed E-state index contributed by atoms with van der Waals surface area (Å²) in [6.07, 6.45) is 0. The molecular weight excluding hydrogens is 320 g/mol. The maximum absolute atomic E-state index is 12.5. The number of anilines is 1. The summed E-state index contributed by atoms with van der Waals surface area (Å²) < 4.78 is 16.2. The van der Waals surface area contributed by atoms with E-state index in [0.717, 1.165) is 0 Å². The summed E-state index contributed by atoms with van der Waals surface area (Å²) in [5.74, 6) is 0.451. The van der Waals surface area contributed by atoms with Gasteiger partial charge in [0.1, 0.15) is 6.61 Å². The third kappa shape index (κ3) is 4.99. The normalized spacial score (nSPS) is 17.0. The monoisotopic (exact) mass is 342 g/mol. The number of carbonyl (C=O) groups is 1. The van der Waals surface area contributed by atoms with E-state index in [2.05, 4.69) is 5.32 Å². The molecule has 1 N–H and O–H groups in total. The Labute approximate surface area is 141 Å². The highest BCUT2D eigenvalue weighted by Crippen LogP contribution is 2.33. The quantitative estimate of drug-likeness (QED) is 0.836. The van der Waals surface area contributed by atoms with Gasteiger partial charge in [-0.1, -0.05) is 17.7 Å². The number of hydrogen-bond acceptors (Lipinski definition) is 4. The van der Waals surface area contributed by atoms with E-state index in [1.54, 1.807) is 30.2 Å². The van der Waals surface area contributed by atoms with Gasteiger partial charge in [0, 0.05) is 13.7 Å². The number of nitrogens with one attached hydrogen (secondary N) is 1. The maximum atomic E-state index is 12.5. The number of carbonyl (C=O) groups excluding carboxylic acids is 1. The summed E-state index contributed by atoms with van der Waals surface area (Å²) in [4.78, 5) is 14.2. The number of benzene rings is 1. The molecule has 0 bridgehead atoms. The summed E-state index contributed by atoms with van der Waals surface area (Å²) >= 11 is 6.17. The van der Waals surface area contributed by atoms with Crippen molar-refractivity contribution in [2.75, 3.05) is 45.3 Å². The van der Waals surface area contributed by atoms with Crippen molar-refractivity contribution in [2.24, 2.45) is 0 Å². The molecule has 0 spiro atoms. The van der Waals surface area contributed by atoms with Crippen LogP contribution in [-0.4, -0.2) is 56.6 Å². The van der Waals surface area contributed by atoms with E-state index in [1.807, 2.05) is 13.8 Å². The lowest BCUT2D eigenvalue weighted by Gasteiger charge is -2.38. The van der Waals surface area contributed by atoms with E-state index < -0.39 is 0 Å². The smallest absolute Gasteiger partial charge is 0.322 e. The van der Waals surface area contributed by atoms with Crippen LogP contribution in [0.25, 0.3) is 0 Å². The standard InChI is InChI=1S/C16H23ClN2O4/c1-16(2)11-19(7-8-23-16)15(20)18-13-6-4-5-12(17)14(13)22-10-9-21-3/h4-6H,7-11H2,1-3H3,(H,18,20). The second-order valence-corrected chi connectivity index (χ2v) is 6.32. The number of halogens is 1. The third-order valence-electron chi connectivity index (χ3n) is 3.46. The number of methoxy groups -OCH3 is 1. The van der Waals surface area contributed by atoms with Gasteiger partial charge in [0.2, 0.25) is 0 Å². The third-order valence-corrected chi connectivity index (χ3v) is 3.75. The minimum absolute atomic E-state index is 0.194. The predicted molar refractivity (Wildman–Crippen MR) is 89.4 cm³/mol. The second kappa shape index (κ2) is 7.86. The molecule has 0 aromatic heterocycles. The molecule has 2 amide bonds. The van der Waals surface area contributed by atoms with Crippen molar-refractivity contribution in [3.8, 4) is 5.75 Å². The molecule has 1 fully saturated rings. The molecule has 6 nitrogen and oxygen atoms in total. The first-order valence-corrected chi connectivity index (χ1v) is 7.91. The Kier molecular flexibility index (Phi) is 6.10. The van der Waals surface area contributed by atoms with Crippen molar-refractivity contribution in [3.63, 3.8) is 0 Å². The SMILES string of the molecule is COCCOc1c(Cl)cccc1NC(=O)N1CCOC(C)(C)C1. The van der Waals surface area contributed by atoms with Crippen LogP contribution >= 0.6 is 11.6 Å². The largest absolute Gasteiger partial charge is 0.487 e. The summed E-state index contributed by atoms with van der Waals surface area (Å²) in [7, 11) is 1.60. The van der Waals surface area contributed by atoms with Crippen LogP contribution in [0.2, 0.25) is 5.02 Å². The lowest BCUT2D eigenvalue weighted by molar-refractivity contribution is -0.0720. The molecule has 1 heterocycles. The van der Waals surface area contributed by atoms with Crippen molar-refractivity contribution in [2.45, 2.75) is 19.4 Å². The molecule has 1 aliphatic heterocycles. The summed E-state index contributed by atoms with van der Waals surface area (Å²) in [5, 5.41) is 3.31. The number of nitrogens with zero attached hydrogens (tertiary/aromatic N) is 1. The van der Waals surface area contributed by atoms with Gasteiger partial charge in [-0.2, -0.15) is 0 Å². The highest BCUT2D eigenvalue weighted by Gasteiger charge is 2.30. The Morgan fingerprint density at radius 1 is 1.43 bits per heavy atom. The maximum Gasteiger partial charge on any atom is 0.322 e. The van der Waals surface area contributed by atoms with Gasteiger partial charge in [0.25, 0.3) is 0 Å². The van der Waals surface area contributed by atoms with E-state index in [1.165, 1.54) is 0 Å². The number of hydrogen-bond donors (Lipinski definition) is 1. The second-order valence-electron chi connectivity index (χ2n) is 5.92. The highest BCUT2D eigenvalue weighted by atomic mass is 35.5. The topological polar surface area (TPSA) is 60.0 Å². The number of morpholine rings is 1. The van der Waals surface area contributed by atoms with E-state index >= 15 is 0 Å². The minimum atomic E-state index is -0.346. The molecule has 0 radical (unpaired) electrons. The van der Waals surface area contributed by atoms with Crippen molar-refractivity contribution in [1.82, 2.24) is 4.90 Å². The van der Waals surface area contributed by atoms with Crippen LogP contribution in [0.1, 0.15) is 13.8 Å². The zero-order valence-corrected chi connectivity index (χ0v) is 14.5. The zero-order valence-electron chi connectivity index (χ0n) is 13.7. The van der Waals surface area contributed by atoms with Crippen LogP contribution in [0, 0.1) is 0 Å². The van der Waals surface area contributed by atoms with Gasteiger partial charge < -0.3 is 24.4 Å². The van der Waals surface area contributed by atoms with Crippen LogP contribution in [0.5, 0.6) is 5.75 Å². The molecule has 0 aliphatic carbocycles. The Morgan fingerprint density at radius 3 is 2.91 bits per heavy atom. The number of ether oxygens (including phenoxy) is 3. The molecule has 0 saturated carbocycles. The average Bonchev–Trinajstić information content (AvgIpc) is 2.49. The molecule has 1 aromatic carbocycles. The fraction of sp³-hybridized carbons (Fsp3) is 0.562. The van der Waals surface area contributed by atoms with Crippen molar-refractivity contribution in [1.29, 1.82) is 0 Å². The molecule has 1 aromatic rings. The van der Waals surface area contributed by atoms with Crippen molar-refractivity contribution < 1.29 is 19.0 Å². The summed E-state index contributed by atoms with van der Waals surface area (Å²) in [5.41, 5.74) is 0.199. The van der Waals surface area contributed by atoms with Crippen LogP contribution in [0.4, 0.5) is 10.5 Å². The Morgan fingerprint density at radius 2 is 2.22 bits per heavy atom. The van der Waals surface area contributed by atoms with Crippen LogP contribution in [0.3, 0.4) is 0 Å². The first-order chi connectivity index (χ1) is 10.9. The van der Waals surface area contributed by atoms with Gasteiger partial charge in [-0.05, 0) is 26.0 Å². The molecule has 0 atom stereocenters. The number of para-hydroxylation sites is 1. The van der Waals surface area contributed by atoms with E-state index in [0.29, 0.717) is 49.4 Å². The van der Waals surface area contributed by atoms with Gasteiger partial charge >= 0.3 is 6.03 Å². The molecule has 0 unspecified atom stereocenters. The first kappa shape index (κ1) is 17.8. The average molecular weight is 343 g/mol. The summed E-state index contributed by atoms with van der Waals surface area (Å²) in [6, 6.07) is 5.05. The number of urea groups is 1. The van der Waals surface area contributed by atoms with Gasteiger partial charge in [0.15, 0.2) is 5.75 Å².